The normalized spacial score (nSPS) is 10.9. The van der Waals surface area contributed by atoms with Gasteiger partial charge in [0.25, 0.3) is 0 Å². The topological polar surface area (TPSA) is 43.3 Å². The summed E-state index contributed by atoms with van der Waals surface area (Å²) in [6, 6.07) is 14.3. The highest BCUT2D eigenvalue weighted by atomic mass is 15.1. The molecule has 90 valence electrons. The highest BCUT2D eigenvalue weighted by Gasteiger charge is 2.10. The fourth-order valence-electron chi connectivity index (χ4n) is 2.13. The minimum Gasteiger partial charge on any atom is -0.383 e. The zero-order chi connectivity index (χ0) is 12.5. The third-order valence-electron chi connectivity index (χ3n) is 3.20. The Morgan fingerprint density at radius 2 is 1.89 bits per heavy atom. The Hall–Kier alpha value is -2.29. The number of benzene rings is 1. The van der Waals surface area contributed by atoms with Gasteiger partial charge in [0.15, 0.2) is 0 Å². The molecule has 0 fully saturated rings. The number of nitrogens with two attached hydrogens (primary N) is 1. The molecule has 3 nitrogen and oxygen atoms in total. The van der Waals surface area contributed by atoms with Crippen LogP contribution in [0.2, 0.25) is 0 Å². The lowest BCUT2D eigenvalue weighted by Crippen LogP contribution is -1.93. The van der Waals surface area contributed by atoms with E-state index in [1.807, 2.05) is 28.8 Å². The van der Waals surface area contributed by atoms with E-state index in [1.54, 1.807) is 0 Å². The van der Waals surface area contributed by atoms with E-state index in [0.717, 1.165) is 23.3 Å². The molecule has 0 spiro atoms. The van der Waals surface area contributed by atoms with Gasteiger partial charge in [0.05, 0.1) is 0 Å². The van der Waals surface area contributed by atoms with E-state index in [0.29, 0.717) is 5.82 Å². The molecule has 0 atom stereocenters. The van der Waals surface area contributed by atoms with Gasteiger partial charge in [-0.25, -0.2) is 4.98 Å². The molecule has 0 bridgehead atoms. The Morgan fingerprint density at radius 1 is 1.11 bits per heavy atom. The van der Waals surface area contributed by atoms with Crippen LogP contribution < -0.4 is 5.73 Å². The first-order valence-electron chi connectivity index (χ1n) is 6.11. The number of fused-ring (bicyclic) bond motifs is 1. The zero-order valence-electron chi connectivity index (χ0n) is 10.3. The predicted octanol–water partition coefficient (Wildman–Crippen LogP) is 3.15. The Morgan fingerprint density at radius 3 is 2.56 bits per heavy atom. The lowest BCUT2D eigenvalue weighted by Gasteiger charge is -2.01. The molecular weight excluding hydrogens is 222 g/mol. The summed E-state index contributed by atoms with van der Waals surface area (Å²) in [5.41, 5.74) is 10.3. The molecule has 18 heavy (non-hydrogen) atoms. The van der Waals surface area contributed by atoms with Crippen LogP contribution in [0.15, 0.2) is 48.7 Å². The third kappa shape index (κ3) is 1.64. The van der Waals surface area contributed by atoms with Crippen LogP contribution in [0.25, 0.3) is 16.9 Å². The highest BCUT2D eigenvalue weighted by molar-refractivity contribution is 5.74. The molecular formula is C15H15N3. The molecule has 0 amide bonds. The van der Waals surface area contributed by atoms with E-state index in [-0.39, 0.29) is 0 Å². The highest BCUT2D eigenvalue weighted by Crippen LogP contribution is 2.26. The van der Waals surface area contributed by atoms with Crippen LogP contribution in [0.3, 0.4) is 0 Å². The molecule has 0 aliphatic heterocycles. The molecule has 0 saturated carbocycles. The van der Waals surface area contributed by atoms with Crippen molar-refractivity contribution in [3.8, 4) is 11.3 Å². The molecule has 3 aromatic rings. The van der Waals surface area contributed by atoms with Gasteiger partial charge in [-0.05, 0) is 24.1 Å². The van der Waals surface area contributed by atoms with Gasteiger partial charge in [-0.1, -0.05) is 37.3 Å². The van der Waals surface area contributed by atoms with Crippen LogP contribution in [0.5, 0.6) is 0 Å². The van der Waals surface area contributed by atoms with Crippen molar-refractivity contribution >= 4 is 11.5 Å². The molecule has 0 aliphatic rings. The van der Waals surface area contributed by atoms with Crippen LogP contribution in [0.4, 0.5) is 5.82 Å². The second kappa shape index (κ2) is 4.18. The number of nitrogens with zero attached hydrogens (tertiary/aromatic N) is 2. The summed E-state index contributed by atoms with van der Waals surface area (Å²) in [5, 5.41) is 0. The maximum Gasteiger partial charge on any atom is 0.139 e. The van der Waals surface area contributed by atoms with Crippen molar-refractivity contribution < 1.29 is 0 Å². The van der Waals surface area contributed by atoms with Gasteiger partial charge >= 0.3 is 0 Å². The molecule has 0 unspecified atom stereocenters. The summed E-state index contributed by atoms with van der Waals surface area (Å²) in [6.07, 6.45) is 2.97. The number of aryl methyl sites for hydroxylation is 1. The summed E-state index contributed by atoms with van der Waals surface area (Å²) in [6.45, 7) is 2.15. The summed E-state index contributed by atoms with van der Waals surface area (Å²) >= 11 is 0. The summed E-state index contributed by atoms with van der Waals surface area (Å²) in [5.74, 6) is 0.690. The Bertz CT molecular complexity index is 681. The number of anilines is 1. The first kappa shape index (κ1) is 10.8. The van der Waals surface area contributed by atoms with Gasteiger partial charge < -0.3 is 5.73 Å². The van der Waals surface area contributed by atoms with Crippen LogP contribution in [0, 0.1) is 0 Å². The number of rotatable bonds is 2. The predicted molar refractivity (Wildman–Crippen MR) is 74.4 cm³/mol. The number of aromatic nitrogens is 2. The maximum atomic E-state index is 6.14. The molecule has 0 saturated heterocycles. The van der Waals surface area contributed by atoms with E-state index in [9.17, 15) is 0 Å². The molecule has 3 rings (SSSR count). The van der Waals surface area contributed by atoms with E-state index in [1.165, 1.54) is 5.56 Å². The SMILES string of the molecule is CCc1ccc(-c2nc3ccccn3c2N)cc1. The van der Waals surface area contributed by atoms with Crippen molar-refractivity contribution in [2.75, 3.05) is 5.73 Å². The van der Waals surface area contributed by atoms with Gasteiger partial charge in [0.1, 0.15) is 17.2 Å². The maximum absolute atomic E-state index is 6.14. The van der Waals surface area contributed by atoms with Crippen molar-refractivity contribution in [1.29, 1.82) is 0 Å². The Kier molecular flexibility index (Phi) is 2.52. The summed E-state index contributed by atoms with van der Waals surface area (Å²) in [7, 11) is 0. The summed E-state index contributed by atoms with van der Waals surface area (Å²) in [4.78, 5) is 4.58. The molecule has 0 radical (unpaired) electrons. The molecule has 2 N–H and O–H groups in total. The van der Waals surface area contributed by atoms with Crippen molar-refractivity contribution in [1.82, 2.24) is 9.38 Å². The van der Waals surface area contributed by atoms with Gasteiger partial charge in [-0.3, -0.25) is 4.40 Å². The minimum atomic E-state index is 0.690. The van der Waals surface area contributed by atoms with E-state index in [4.69, 9.17) is 5.73 Å². The van der Waals surface area contributed by atoms with Crippen LogP contribution >= 0.6 is 0 Å². The van der Waals surface area contributed by atoms with Gasteiger partial charge in [-0.15, -0.1) is 0 Å². The smallest absolute Gasteiger partial charge is 0.139 e. The molecule has 2 heterocycles. The first-order valence-corrected chi connectivity index (χ1v) is 6.11. The van der Waals surface area contributed by atoms with Crippen LogP contribution in [-0.4, -0.2) is 9.38 Å². The first-order chi connectivity index (χ1) is 8.79. The standard InChI is InChI=1S/C15H15N3/c1-2-11-6-8-12(9-7-11)14-15(16)18-10-4-3-5-13(18)17-14/h3-10H,2,16H2,1H3. The fourth-order valence-corrected chi connectivity index (χ4v) is 2.13. The largest absolute Gasteiger partial charge is 0.383 e. The van der Waals surface area contributed by atoms with Crippen molar-refractivity contribution in [3.05, 3.63) is 54.2 Å². The monoisotopic (exact) mass is 237 g/mol. The molecule has 3 heteroatoms. The number of hydrogen-bond donors (Lipinski definition) is 1. The van der Waals surface area contributed by atoms with Crippen molar-refractivity contribution in [2.24, 2.45) is 0 Å². The average molecular weight is 237 g/mol. The van der Waals surface area contributed by atoms with E-state index < -0.39 is 0 Å². The minimum absolute atomic E-state index is 0.690. The number of pyridine rings is 1. The zero-order valence-corrected chi connectivity index (χ0v) is 10.3. The second-order valence-electron chi connectivity index (χ2n) is 4.32. The molecule has 2 aromatic heterocycles. The van der Waals surface area contributed by atoms with Gasteiger partial charge in [-0.2, -0.15) is 0 Å². The van der Waals surface area contributed by atoms with Crippen molar-refractivity contribution in [2.45, 2.75) is 13.3 Å². The Labute approximate surface area is 106 Å². The van der Waals surface area contributed by atoms with E-state index >= 15 is 0 Å². The second-order valence-corrected chi connectivity index (χ2v) is 4.32. The quantitative estimate of drug-likeness (QED) is 0.744. The van der Waals surface area contributed by atoms with Crippen LogP contribution in [-0.2, 0) is 6.42 Å². The van der Waals surface area contributed by atoms with Gasteiger partial charge in [0.2, 0.25) is 0 Å². The molecule has 1 aromatic carbocycles. The lowest BCUT2D eigenvalue weighted by atomic mass is 10.1. The number of hydrogen-bond acceptors (Lipinski definition) is 2. The van der Waals surface area contributed by atoms with Crippen LogP contribution in [0.1, 0.15) is 12.5 Å². The number of nitrogen functional groups attached to an aromatic ring is 1. The molecule has 0 aliphatic carbocycles. The van der Waals surface area contributed by atoms with Crippen molar-refractivity contribution in [3.63, 3.8) is 0 Å². The average Bonchev–Trinajstić information content (AvgIpc) is 2.77. The summed E-state index contributed by atoms with van der Waals surface area (Å²) < 4.78 is 1.91. The fraction of sp³-hybridized carbons (Fsp3) is 0.133. The number of imidazole rings is 1. The van der Waals surface area contributed by atoms with Gasteiger partial charge in [0, 0.05) is 11.8 Å². The third-order valence-corrected chi connectivity index (χ3v) is 3.20. The Balaban J connectivity index is 2.15. The van der Waals surface area contributed by atoms with E-state index in [2.05, 4.69) is 36.2 Å². The lowest BCUT2D eigenvalue weighted by molar-refractivity contribution is 1.14.